The Hall–Kier alpha value is -2.56. The van der Waals surface area contributed by atoms with E-state index in [1.165, 1.54) is 32.7 Å². The largest absolute Gasteiger partial charge is 0.491 e. The number of rotatable bonds is 6. The van der Waals surface area contributed by atoms with Crippen LogP contribution < -0.4 is 14.5 Å². The molecule has 0 unspecified atom stereocenters. The average Bonchev–Trinajstić information content (AvgIpc) is 2.72. The van der Waals surface area contributed by atoms with E-state index in [0.717, 1.165) is 43.9 Å². The molecule has 0 spiro atoms. The molecule has 30 heavy (non-hydrogen) atoms. The van der Waals surface area contributed by atoms with Crippen LogP contribution in [0.4, 0.5) is 5.69 Å². The molecule has 158 valence electrons. The number of quaternary nitrogens is 1. The quantitative estimate of drug-likeness (QED) is 0.662. The second-order valence-electron chi connectivity index (χ2n) is 8.66. The second-order valence-corrected chi connectivity index (χ2v) is 8.66. The summed E-state index contributed by atoms with van der Waals surface area (Å²) in [5.41, 5.74) is 5.44. The fraction of sp³-hybridized carbons (Fsp3) is 0.385. The number of fused-ring (bicyclic) bond motifs is 1. The van der Waals surface area contributed by atoms with E-state index in [0.29, 0.717) is 6.61 Å². The van der Waals surface area contributed by atoms with Crippen molar-refractivity contribution in [1.29, 1.82) is 0 Å². The number of benzene rings is 3. The van der Waals surface area contributed by atoms with Gasteiger partial charge in [-0.3, -0.25) is 0 Å². The highest BCUT2D eigenvalue weighted by Crippen LogP contribution is 2.26. The number of aliphatic hydroxyl groups excluding tert-OH is 1. The Kier molecular flexibility index (Phi) is 6.26. The maximum Gasteiger partial charge on any atom is 0.137 e. The maximum absolute atomic E-state index is 10.5. The Labute approximate surface area is 179 Å². The standard InChI is InChI=1S/C26H32N2O2/c1-19-14-20(2)26(21(3)15-19)28-12-10-27(11-13-28)17-24(29)18-30-25-9-8-22-6-4-5-7-23(22)16-25/h4-9,14-16,24,29H,10-13,17-18H2,1-3H3/p+1/t24-/m1/s1. The summed E-state index contributed by atoms with van der Waals surface area (Å²) in [6.07, 6.45) is -0.458. The molecule has 2 N–H and O–H groups in total. The SMILES string of the molecule is Cc1cc(C)c(N2CC[NH+](C[C@@H](O)COc3ccc4ccccc4c3)CC2)c(C)c1. The van der Waals surface area contributed by atoms with Gasteiger partial charge in [0.15, 0.2) is 0 Å². The van der Waals surface area contributed by atoms with E-state index in [2.05, 4.69) is 56.0 Å². The Balaban J connectivity index is 1.27. The first-order valence-electron chi connectivity index (χ1n) is 11.0. The van der Waals surface area contributed by atoms with Crippen LogP contribution in [0.3, 0.4) is 0 Å². The lowest BCUT2D eigenvalue weighted by Crippen LogP contribution is -3.16. The molecule has 0 aromatic heterocycles. The van der Waals surface area contributed by atoms with Gasteiger partial charge in [-0.15, -0.1) is 0 Å². The normalized spacial score (nSPS) is 16.1. The fourth-order valence-electron chi connectivity index (χ4n) is 4.76. The molecule has 1 aliphatic rings. The Bertz CT molecular complexity index is 986. The van der Waals surface area contributed by atoms with E-state index in [1.807, 2.05) is 24.3 Å². The van der Waals surface area contributed by atoms with Gasteiger partial charge in [-0.05, 0) is 54.8 Å². The molecule has 3 aromatic carbocycles. The summed E-state index contributed by atoms with van der Waals surface area (Å²) in [4.78, 5) is 3.95. The first kappa shape index (κ1) is 20.7. The number of aliphatic hydroxyl groups is 1. The van der Waals surface area contributed by atoms with Crippen molar-refractivity contribution >= 4 is 16.5 Å². The Morgan fingerprint density at radius 1 is 0.933 bits per heavy atom. The number of hydrogen-bond acceptors (Lipinski definition) is 3. The third-order valence-corrected chi connectivity index (χ3v) is 6.11. The molecule has 1 aliphatic heterocycles. The molecule has 3 aromatic rings. The van der Waals surface area contributed by atoms with Crippen molar-refractivity contribution in [3.63, 3.8) is 0 Å². The van der Waals surface area contributed by atoms with E-state index >= 15 is 0 Å². The lowest BCUT2D eigenvalue weighted by molar-refractivity contribution is -0.903. The molecule has 0 amide bonds. The summed E-state index contributed by atoms with van der Waals surface area (Å²) < 4.78 is 5.88. The van der Waals surface area contributed by atoms with Crippen LogP contribution in [0.2, 0.25) is 0 Å². The Morgan fingerprint density at radius 2 is 1.60 bits per heavy atom. The smallest absolute Gasteiger partial charge is 0.137 e. The molecular weight excluding hydrogens is 372 g/mol. The molecule has 4 rings (SSSR count). The number of hydrogen-bond donors (Lipinski definition) is 2. The van der Waals surface area contributed by atoms with Crippen LogP contribution in [-0.2, 0) is 0 Å². The van der Waals surface area contributed by atoms with Gasteiger partial charge in [-0.2, -0.15) is 0 Å². The minimum atomic E-state index is -0.458. The number of nitrogens with one attached hydrogen (secondary N) is 1. The molecule has 0 bridgehead atoms. The summed E-state index contributed by atoms with van der Waals surface area (Å²) in [6.45, 7) is 11.8. The molecule has 1 heterocycles. The van der Waals surface area contributed by atoms with Crippen molar-refractivity contribution < 1.29 is 14.7 Å². The average molecular weight is 406 g/mol. The topological polar surface area (TPSA) is 37.1 Å². The number of aryl methyl sites for hydroxylation is 3. The van der Waals surface area contributed by atoms with Crippen LogP contribution in [-0.4, -0.2) is 50.5 Å². The predicted octanol–water partition coefficient (Wildman–Crippen LogP) is 2.91. The number of anilines is 1. The monoisotopic (exact) mass is 405 g/mol. The lowest BCUT2D eigenvalue weighted by atomic mass is 10.0. The summed E-state index contributed by atoms with van der Waals surface area (Å²) in [6, 6.07) is 18.9. The molecule has 0 radical (unpaired) electrons. The van der Waals surface area contributed by atoms with Crippen molar-refractivity contribution in [1.82, 2.24) is 0 Å². The van der Waals surface area contributed by atoms with Crippen LogP contribution in [0.1, 0.15) is 16.7 Å². The van der Waals surface area contributed by atoms with Gasteiger partial charge in [0.25, 0.3) is 0 Å². The van der Waals surface area contributed by atoms with Gasteiger partial charge in [0, 0.05) is 5.69 Å². The van der Waals surface area contributed by atoms with E-state index < -0.39 is 6.10 Å². The van der Waals surface area contributed by atoms with E-state index in [1.54, 1.807) is 0 Å². The summed E-state index contributed by atoms with van der Waals surface area (Å²) in [5.74, 6) is 0.817. The zero-order valence-electron chi connectivity index (χ0n) is 18.3. The van der Waals surface area contributed by atoms with Crippen molar-refractivity contribution in [2.45, 2.75) is 26.9 Å². The molecule has 0 saturated carbocycles. The van der Waals surface area contributed by atoms with Crippen LogP contribution in [0.25, 0.3) is 10.8 Å². The minimum absolute atomic E-state index is 0.335. The summed E-state index contributed by atoms with van der Waals surface area (Å²) in [5, 5.41) is 12.9. The van der Waals surface area contributed by atoms with Gasteiger partial charge < -0.3 is 19.6 Å². The zero-order valence-corrected chi connectivity index (χ0v) is 18.3. The van der Waals surface area contributed by atoms with Crippen LogP contribution in [0, 0.1) is 20.8 Å². The molecule has 0 aliphatic carbocycles. The lowest BCUT2D eigenvalue weighted by Gasteiger charge is -2.36. The van der Waals surface area contributed by atoms with E-state index in [9.17, 15) is 5.11 Å². The van der Waals surface area contributed by atoms with Crippen LogP contribution in [0.5, 0.6) is 5.75 Å². The fourth-order valence-corrected chi connectivity index (χ4v) is 4.76. The highest BCUT2D eigenvalue weighted by Gasteiger charge is 2.24. The van der Waals surface area contributed by atoms with Gasteiger partial charge in [0.2, 0.25) is 0 Å². The molecule has 1 saturated heterocycles. The van der Waals surface area contributed by atoms with Crippen LogP contribution >= 0.6 is 0 Å². The Morgan fingerprint density at radius 3 is 2.30 bits per heavy atom. The van der Waals surface area contributed by atoms with Gasteiger partial charge in [0.05, 0.1) is 26.2 Å². The number of ether oxygens (including phenoxy) is 1. The van der Waals surface area contributed by atoms with E-state index in [-0.39, 0.29) is 0 Å². The molecule has 4 heteroatoms. The highest BCUT2D eigenvalue weighted by molar-refractivity contribution is 5.83. The van der Waals surface area contributed by atoms with E-state index in [4.69, 9.17) is 4.74 Å². The van der Waals surface area contributed by atoms with Gasteiger partial charge in [-0.25, -0.2) is 0 Å². The first-order chi connectivity index (χ1) is 14.5. The number of piperazine rings is 1. The minimum Gasteiger partial charge on any atom is -0.491 e. The van der Waals surface area contributed by atoms with Crippen molar-refractivity contribution in [2.75, 3.05) is 44.2 Å². The van der Waals surface area contributed by atoms with Crippen molar-refractivity contribution in [2.24, 2.45) is 0 Å². The first-order valence-corrected chi connectivity index (χ1v) is 11.0. The third-order valence-electron chi connectivity index (χ3n) is 6.11. The summed E-state index contributed by atoms with van der Waals surface area (Å²) >= 11 is 0. The highest BCUT2D eigenvalue weighted by atomic mass is 16.5. The van der Waals surface area contributed by atoms with Gasteiger partial charge in [0.1, 0.15) is 25.0 Å². The predicted molar refractivity (Wildman–Crippen MR) is 124 cm³/mol. The van der Waals surface area contributed by atoms with Gasteiger partial charge in [-0.1, -0.05) is 48.0 Å². The van der Waals surface area contributed by atoms with Gasteiger partial charge >= 0.3 is 0 Å². The third kappa shape index (κ3) is 4.77. The maximum atomic E-state index is 10.5. The van der Waals surface area contributed by atoms with Crippen molar-refractivity contribution in [3.05, 3.63) is 71.3 Å². The molecule has 1 fully saturated rings. The second kappa shape index (κ2) is 9.07. The van der Waals surface area contributed by atoms with Crippen molar-refractivity contribution in [3.8, 4) is 5.75 Å². The summed E-state index contributed by atoms with van der Waals surface area (Å²) in [7, 11) is 0. The molecular formula is C26H33N2O2+. The number of nitrogens with zero attached hydrogens (tertiary/aromatic N) is 1. The van der Waals surface area contributed by atoms with Crippen LogP contribution in [0.15, 0.2) is 54.6 Å². The zero-order chi connectivity index (χ0) is 21.1. The molecule has 1 atom stereocenters. The molecule has 4 nitrogen and oxygen atoms in total.